The summed E-state index contributed by atoms with van der Waals surface area (Å²) in [6, 6.07) is 6.14. The molecule has 0 saturated carbocycles. The van der Waals surface area contributed by atoms with E-state index in [4.69, 9.17) is 17.3 Å². The number of piperidine rings is 1. The van der Waals surface area contributed by atoms with E-state index >= 15 is 0 Å². The van der Waals surface area contributed by atoms with Crippen molar-refractivity contribution in [2.75, 3.05) is 26.2 Å². The van der Waals surface area contributed by atoms with Gasteiger partial charge in [-0.25, -0.2) is 0 Å². The average molecular weight is 292 g/mol. The molecule has 1 aliphatic rings. The van der Waals surface area contributed by atoms with Gasteiger partial charge in [0.25, 0.3) is 0 Å². The van der Waals surface area contributed by atoms with E-state index in [9.17, 15) is 0 Å². The minimum absolute atomic E-state index is 0.666. The van der Waals surface area contributed by atoms with Crippen LogP contribution in [0.2, 0.25) is 5.02 Å². The van der Waals surface area contributed by atoms with Crippen LogP contribution in [0.3, 0.4) is 0 Å². The van der Waals surface area contributed by atoms with E-state index in [-0.39, 0.29) is 0 Å². The molecule has 1 aromatic carbocycles. The van der Waals surface area contributed by atoms with E-state index in [2.05, 4.69) is 22.1 Å². The van der Waals surface area contributed by atoms with Crippen LogP contribution < -0.4 is 5.73 Å². The van der Waals surface area contributed by atoms with E-state index in [1.165, 1.54) is 36.9 Å². The van der Waals surface area contributed by atoms with E-state index in [0.29, 0.717) is 5.92 Å². The minimum Gasteiger partial charge on any atom is -0.361 e. The quantitative estimate of drug-likeness (QED) is 0.907. The number of nitrogens with zero attached hydrogens (tertiary/aromatic N) is 1. The molecule has 2 aromatic rings. The number of nitrogens with one attached hydrogen (secondary N) is 1. The summed E-state index contributed by atoms with van der Waals surface area (Å²) in [5.74, 6) is 0.666. The molecular weight excluding hydrogens is 270 g/mol. The maximum Gasteiger partial charge on any atom is 0.0471 e. The van der Waals surface area contributed by atoms with E-state index in [1.807, 2.05) is 12.1 Å². The largest absolute Gasteiger partial charge is 0.361 e. The highest BCUT2D eigenvalue weighted by atomic mass is 35.5. The van der Waals surface area contributed by atoms with Gasteiger partial charge in [-0.2, -0.15) is 0 Å². The number of hydrogen-bond donors (Lipinski definition) is 2. The van der Waals surface area contributed by atoms with Gasteiger partial charge in [-0.1, -0.05) is 17.7 Å². The van der Waals surface area contributed by atoms with Gasteiger partial charge >= 0.3 is 0 Å². The van der Waals surface area contributed by atoms with Gasteiger partial charge in [0.2, 0.25) is 0 Å². The summed E-state index contributed by atoms with van der Waals surface area (Å²) >= 11 is 6.04. The SMILES string of the molecule is NCCCN1CCC(c2c[nH]c3cc(Cl)ccc23)CC1. The van der Waals surface area contributed by atoms with Gasteiger partial charge in [0.15, 0.2) is 0 Å². The Morgan fingerprint density at radius 2 is 2.10 bits per heavy atom. The first kappa shape index (κ1) is 13.9. The molecule has 108 valence electrons. The Balaban J connectivity index is 1.70. The Hall–Kier alpha value is -1.03. The highest BCUT2D eigenvalue weighted by Gasteiger charge is 2.22. The molecule has 1 saturated heterocycles. The van der Waals surface area contributed by atoms with E-state index in [1.54, 1.807) is 0 Å². The maximum atomic E-state index is 6.04. The van der Waals surface area contributed by atoms with Gasteiger partial charge in [-0.05, 0) is 69.1 Å². The third-order valence-electron chi connectivity index (χ3n) is 4.38. The molecule has 1 aliphatic heterocycles. The van der Waals surface area contributed by atoms with Crippen LogP contribution in [0.15, 0.2) is 24.4 Å². The number of fused-ring (bicyclic) bond motifs is 1. The fourth-order valence-corrected chi connectivity index (χ4v) is 3.41. The number of aromatic nitrogens is 1. The zero-order chi connectivity index (χ0) is 13.9. The molecule has 1 aromatic heterocycles. The van der Waals surface area contributed by atoms with Crippen LogP contribution in [0.4, 0.5) is 0 Å². The molecule has 3 rings (SSSR count). The molecule has 0 atom stereocenters. The second kappa shape index (κ2) is 6.17. The first-order chi connectivity index (χ1) is 9.78. The lowest BCUT2D eigenvalue weighted by Gasteiger charge is -2.31. The van der Waals surface area contributed by atoms with Gasteiger partial charge in [0.1, 0.15) is 0 Å². The zero-order valence-corrected chi connectivity index (χ0v) is 12.5. The predicted octanol–water partition coefficient (Wildman–Crippen LogP) is 3.35. The lowest BCUT2D eigenvalue weighted by atomic mass is 9.89. The van der Waals surface area contributed by atoms with E-state index < -0.39 is 0 Å². The van der Waals surface area contributed by atoms with Crippen LogP contribution in [-0.4, -0.2) is 36.1 Å². The number of benzene rings is 1. The number of halogens is 1. The van der Waals surface area contributed by atoms with Gasteiger partial charge in [-0.15, -0.1) is 0 Å². The van der Waals surface area contributed by atoms with Crippen LogP contribution in [0, 0.1) is 0 Å². The molecule has 3 N–H and O–H groups in total. The Kier molecular flexibility index (Phi) is 4.29. The summed E-state index contributed by atoms with van der Waals surface area (Å²) in [6.07, 6.45) is 5.75. The maximum absolute atomic E-state index is 6.04. The summed E-state index contributed by atoms with van der Waals surface area (Å²) in [5.41, 5.74) is 8.19. The third-order valence-corrected chi connectivity index (χ3v) is 4.62. The second-order valence-electron chi connectivity index (χ2n) is 5.69. The molecule has 3 nitrogen and oxygen atoms in total. The Morgan fingerprint density at radius 3 is 2.85 bits per heavy atom. The molecule has 0 spiro atoms. The molecule has 2 heterocycles. The number of aromatic amines is 1. The monoisotopic (exact) mass is 291 g/mol. The zero-order valence-electron chi connectivity index (χ0n) is 11.7. The topological polar surface area (TPSA) is 45.0 Å². The number of hydrogen-bond acceptors (Lipinski definition) is 2. The van der Waals surface area contributed by atoms with Crippen LogP contribution in [-0.2, 0) is 0 Å². The van der Waals surface area contributed by atoms with Crippen molar-refractivity contribution in [2.45, 2.75) is 25.2 Å². The number of nitrogens with two attached hydrogens (primary N) is 1. The van der Waals surface area contributed by atoms with Crippen LogP contribution in [0.1, 0.15) is 30.7 Å². The smallest absolute Gasteiger partial charge is 0.0471 e. The van der Waals surface area contributed by atoms with Crippen molar-refractivity contribution in [2.24, 2.45) is 5.73 Å². The molecule has 0 radical (unpaired) electrons. The van der Waals surface area contributed by atoms with Crippen LogP contribution in [0.5, 0.6) is 0 Å². The fourth-order valence-electron chi connectivity index (χ4n) is 3.24. The number of likely N-dealkylation sites (tertiary alicyclic amines) is 1. The summed E-state index contributed by atoms with van der Waals surface area (Å²) in [4.78, 5) is 5.89. The van der Waals surface area contributed by atoms with Crippen molar-refractivity contribution in [3.05, 3.63) is 35.0 Å². The second-order valence-corrected chi connectivity index (χ2v) is 6.13. The Morgan fingerprint density at radius 1 is 1.30 bits per heavy atom. The first-order valence-corrected chi connectivity index (χ1v) is 7.84. The van der Waals surface area contributed by atoms with Gasteiger partial charge in [-0.3, -0.25) is 0 Å². The molecule has 0 amide bonds. The molecule has 0 unspecified atom stereocenters. The Bertz CT molecular complexity index is 570. The number of rotatable bonds is 4. The molecule has 4 heteroatoms. The minimum atomic E-state index is 0.666. The van der Waals surface area contributed by atoms with E-state index in [0.717, 1.165) is 30.0 Å². The molecule has 1 fully saturated rings. The summed E-state index contributed by atoms with van der Waals surface area (Å²) in [6.45, 7) is 4.31. The standard InChI is InChI=1S/C16H22ClN3/c17-13-2-3-14-15(11-19-16(14)10-13)12-4-8-20(9-5-12)7-1-6-18/h2-3,10-12,19H,1,4-9,18H2. The van der Waals surface area contributed by atoms with Crippen molar-refractivity contribution in [1.82, 2.24) is 9.88 Å². The third kappa shape index (κ3) is 2.85. The normalized spacial score (nSPS) is 17.9. The average Bonchev–Trinajstić information content (AvgIpc) is 2.88. The highest BCUT2D eigenvalue weighted by molar-refractivity contribution is 6.31. The Labute approximate surface area is 125 Å². The lowest BCUT2D eigenvalue weighted by Crippen LogP contribution is -2.34. The first-order valence-electron chi connectivity index (χ1n) is 7.47. The number of H-pyrrole nitrogens is 1. The van der Waals surface area contributed by atoms with Crippen LogP contribution >= 0.6 is 11.6 Å². The lowest BCUT2D eigenvalue weighted by molar-refractivity contribution is 0.212. The van der Waals surface area contributed by atoms with Crippen molar-refractivity contribution in [3.63, 3.8) is 0 Å². The van der Waals surface area contributed by atoms with Crippen molar-refractivity contribution >= 4 is 22.5 Å². The van der Waals surface area contributed by atoms with Crippen LogP contribution in [0.25, 0.3) is 10.9 Å². The summed E-state index contributed by atoms with van der Waals surface area (Å²) in [7, 11) is 0. The van der Waals surface area contributed by atoms with Gasteiger partial charge in [0, 0.05) is 22.1 Å². The molecular formula is C16H22ClN3. The van der Waals surface area contributed by atoms with Gasteiger partial charge in [0.05, 0.1) is 0 Å². The molecule has 20 heavy (non-hydrogen) atoms. The van der Waals surface area contributed by atoms with Crippen molar-refractivity contribution < 1.29 is 0 Å². The van der Waals surface area contributed by atoms with Crippen molar-refractivity contribution in [3.8, 4) is 0 Å². The highest BCUT2D eigenvalue weighted by Crippen LogP contribution is 2.33. The van der Waals surface area contributed by atoms with Crippen molar-refractivity contribution in [1.29, 1.82) is 0 Å². The summed E-state index contributed by atoms with van der Waals surface area (Å²) in [5, 5.41) is 2.12. The molecule has 0 bridgehead atoms. The van der Waals surface area contributed by atoms with Gasteiger partial charge < -0.3 is 15.6 Å². The predicted molar refractivity (Wildman–Crippen MR) is 85.4 cm³/mol. The summed E-state index contributed by atoms with van der Waals surface area (Å²) < 4.78 is 0. The molecule has 0 aliphatic carbocycles. The fraction of sp³-hybridized carbons (Fsp3) is 0.500.